The number of rotatable bonds is 4. The van der Waals surface area contributed by atoms with Crippen molar-refractivity contribution in [2.24, 2.45) is 11.7 Å². The molecule has 1 aromatic rings. The van der Waals surface area contributed by atoms with Crippen LogP contribution in [0.5, 0.6) is 0 Å². The van der Waals surface area contributed by atoms with Crippen LogP contribution < -0.4 is 5.73 Å². The lowest BCUT2D eigenvalue weighted by Crippen LogP contribution is -2.27. The van der Waals surface area contributed by atoms with Crippen LogP contribution in [0, 0.1) is 5.92 Å². The van der Waals surface area contributed by atoms with Gasteiger partial charge < -0.3 is 10.5 Å². The molecule has 1 aromatic heterocycles. The number of hydrogen-bond donors (Lipinski definition) is 1. The number of nitrogens with zero attached hydrogens (tertiary/aromatic N) is 1. The number of nitrogens with two attached hydrogens (primary N) is 1. The summed E-state index contributed by atoms with van der Waals surface area (Å²) in [6.07, 6.45) is 2.30. The molecule has 2 N–H and O–H groups in total. The van der Waals surface area contributed by atoms with Crippen molar-refractivity contribution in [1.82, 2.24) is 4.98 Å². The molecule has 2 heterocycles. The molecule has 16 heavy (non-hydrogen) atoms. The topological polar surface area (TPSA) is 48.1 Å². The van der Waals surface area contributed by atoms with Crippen LogP contribution in [0.4, 0.5) is 0 Å². The van der Waals surface area contributed by atoms with Gasteiger partial charge in [-0.05, 0) is 18.8 Å². The Bertz CT molecular complexity index is 338. The van der Waals surface area contributed by atoms with Crippen LogP contribution in [-0.4, -0.2) is 24.2 Å². The van der Waals surface area contributed by atoms with E-state index in [0.29, 0.717) is 12.5 Å². The summed E-state index contributed by atoms with van der Waals surface area (Å²) >= 11 is 1.76. The Morgan fingerprint density at radius 2 is 2.38 bits per heavy atom. The molecule has 4 heteroatoms. The molecular formula is C12H20N2OS. The van der Waals surface area contributed by atoms with Gasteiger partial charge in [-0.25, -0.2) is 4.98 Å². The molecule has 0 spiro atoms. The lowest BCUT2D eigenvalue weighted by Gasteiger charge is -2.09. The normalized spacial score (nSPS) is 25.5. The fourth-order valence-corrected chi connectivity index (χ4v) is 2.78. The summed E-state index contributed by atoms with van der Waals surface area (Å²) < 4.78 is 5.37. The highest BCUT2D eigenvalue weighted by molar-refractivity contribution is 7.09. The third-order valence-electron chi connectivity index (χ3n) is 3.01. The molecule has 0 aromatic carbocycles. The Hall–Kier alpha value is -0.450. The zero-order valence-corrected chi connectivity index (χ0v) is 10.8. The minimum atomic E-state index is 0.125. The van der Waals surface area contributed by atoms with Crippen LogP contribution in [0.25, 0.3) is 0 Å². The Kier molecular flexibility index (Phi) is 3.95. The molecule has 0 bridgehead atoms. The van der Waals surface area contributed by atoms with Gasteiger partial charge >= 0.3 is 0 Å². The first-order valence-corrected chi connectivity index (χ1v) is 6.82. The Balaban J connectivity index is 1.96. The minimum absolute atomic E-state index is 0.125. The van der Waals surface area contributed by atoms with E-state index in [0.717, 1.165) is 24.6 Å². The molecule has 0 saturated carbocycles. The molecule has 1 aliphatic rings. The van der Waals surface area contributed by atoms with Crippen LogP contribution >= 0.6 is 11.3 Å². The highest BCUT2D eigenvalue weighted by Crippen LogP contribution is 2.26. The van der Waals surface area contributed by atoms with E-state index in [4.69, 9.17) is 10.5 Å². The average Bonchev–Trinajstić information content (AvgIpc) is 2.83. The lowest BCUT2D eigenvalue weighted by molar-refractivity contribution is 0.190. The molecule has 0 radical (unpaired) electrons. The predicted molar refractivity (Wildman–Crippen MR) is 66.8 cm³/mol. The van der Waals surface area contributed by atoms with E-state index in [1.165, 1.54) is 11.4 Å². The van der Waals surface area contributed by atoms with Crippen molar-refractivity contribution >= 4 is 11.3 Å². The molecule has 1 saturated heterocycles. The summed E-state index contributed by atoms with van der Waals surface area (Å²) in [6.45, 7) is 5.89. The van der Waals surface area contributed by atoms with E-state index in [9.17, 15) is 0 Å². The van der Waals surface area contributed by atoms with Gasteiger partial charge in [0.15, 0.2) is 0 Å². The first-order valence-electron chi connectivity index (χ1n) is 5.94. The van der Waals surface area contributed by atoms with Gasteiger partial charge in [-0.2, -0.15) is 0 Å². The third-order valence-corrected chi connectivity index (χ3v) is 3.94. The molecule has 3 nitrogen and oxygen atoms in total. The molecule has 1 aliphatic heterocycles. The van der Waals surface area contributed by atoms with Gasteiger partial charge in [0.2, 0.25) is 0 Å². The standard InChI is InChI=1S/C12H20N2OS/c1-8(2)3-4-12-14-11(7-16-12)9-5-15-6-10(9)13/h7-10H,3-6,13H2,1-2H3. The van der Waals surface area contributed by atoms with Gasteiger partial charge in [-0.1, -0.05) is 13.8 Å². The summed E-state index contributed by atoms with van der Waals surface area (Å²) in [5.41, 5.74) is 7.12. The molecule has 2 rings (SSSR count). The first kappa shape index (κ1) is 12.0. The monoisotopic (exact) mass is 240 g/mol. The Morgan fingerprint density at radius 1 is 1.56 bits per heavy atom. The number of hydrogen-bond acceptors (Lipinski definition) is 4. The van der Waals surface area contributed by atoms with Crippen molar-refractivity contribution in [1.29, 1.82) is 0 Å². The highest BCUT2D eigenvalue weighted by Gasteiger charge is 2.28. The van der Waals surface area contributed by atoms with E-state index in [-0.39, 0.29) is 6.04 Å². The second-order valence-electron chi connectivity index (χ2n) is 4.91. The second-order valence-corrected chi connectivity index (χ2v) is 5.85. The maximum absolute atomic E-state index is 5.98. The van der Waals surface area contributed by atoms with E-state index in [1.807, 2.05) is 0 Å². The van der Waals surface area contributed by atoms with Crippen molar-refractivity contribution in [3.8, 4) is 0 Å². The van der Waals surface area contributed by atoms with Gasteiger partial charge in [-0.3, -0.25) is 0 Å². The summed E-state index contributed by atoms with van der Waals surface area (Å²) in [7, 11) is 0. The molecular weight excluding hydrogens is 220 g/mol. The van der Waals surface area contributed by atoms with E-state index >= 15 is 0 Å². The molecule has 2 unspecified atom stereocenters. The third kappa shape index (κ3) is 2.81. The highest BCUT2D eigenvalue weighted by atomic mass is 32.1. The summed E-state index contributed by atoms with van der Waals surface area (Å²) in [5.74, 6) is 1.05. The van der Waals surface area contributed by atoms with Gasteiger partial charge in [0.1, 0.15) is 0 Å². The number of ether oxygens (including phenoxy) is 1. The predicted octanol–water partition coefficient (Wildman–Crippen LogP) is 2.17. The van der Waals surface area contributed by atoms with E-state index in [2.05, 4.69) is 24.2 Å². The number of thiazole rings is 1. The largest absolute Gasteiger partial charge is 0.379 e. The van der Waals surface area contributed by atoms with Gasteiger partial charge in [0.05, 0.1) is 23.9 Å². The summed E-state index contributed by atoms with van der Waals surface area (Å²) in [5, 5.41) is 3.39. The average molecular weight is 240 g/mol. The summed E-state index contributed by atoms with van der Waals surface area (Å²) in [6, 6.07) is 0.125. The zero-order valence-electron chi connectivity index (χ0n) is 9.98. The Labute approximate surface area is 101 Å². The Morgan fingerprint density at radius 3 is 3.00 bits per heavy atom. The number of aryl methyl sites for hydroxylation is 1. The fourth-order valence-electron chi connectivity index (χ4n) is 1.90. The van der Waals surface area contributed by atoms with E-state index < -0.39 is 0 Å². The van der Waals surface area contributed by atoms with Crippen LogP contribution in [0.1, 0.15) is 36.9 Å². The van der Waals surface area contributed by atoms with Crippen LogP contribution in [0.15, 0.2) is 5.38 Å². The van der Waals surface area contributed by atoms with Gasteiger partial charge in [-0.15, -0.1) is 11.3 Å². The zero-order chi connectivity index (χ0) is 11.5. The maximum atomic E-state index is 5.98. The smallest absolute Gasteiger partial charge is 0.0928 e. The maximum Gasteiger partial charge on any atom is 0.0928 e. The van der Waals surface area contributed by atoms with Crippen molar-refractivity contribution in [3.05, 3.63) is 16.1 Å². The lowest BCUT2D eigenvalue weighted by atomic mass is 10.0. The summed E-state index contributed by atoms with van der Waals surface area (Å²) in [4.78, 5) is 4.67. The molecule has 1 fully saturated rings. The van der Waals surface area contributed by atoms with Crippen LogP contribution in [-0.2, 0) is 11.2 Å². The van der Waals surface area contributed by atoms with Crippen molar-refractivity contribution in [2.45, 2.75) is 38.6 Å². The fraction of sp³-hybridized carbons (Fsp3) is 0.750. The molecule has 90 valence electrons. The van der Waals surface area contributed by atoms with Crippen LogP contribution in [0.3, 0.4) is 0 Å². The number of aromatic nitrogens is 1. The van der Waals surface area contributed by atoms with Crippen molar-refractivity contribution < 1.29 is 4.74 Å². The van der Waals surface area contributed by atoms with Gasteiger partial charge in [0.25, 0.3) is 0 Å². The van der Waals surface area contributed by atoms with Crippen molar-refractivity contribution in [3.63, 3.8) is 0 Å². The first-order chi connectivity index (χ1) is 7.66. The molecule has 0 aliphatic carbocycles. The van der Waals surface area contributed by atoms with Crippen LogP contribution in [0.2, 0.25) is 0 Å². The minimum Gasteiger partial charge on any atom is -0.379 e. The van der Waals surface area contributed by atoms with Crippen molar-refractivity contribution in [2.75, 3.05) is 13.2 Å². The van der Waals surface area contributed by atoms with E-state index in [1.54, 1.807) is 11.3 Å². The molecule has 2 atom stereocenters. The SMILES string of the molecule is CC(C)CCc1nc(C2COCC2N)cs1. The quantitative estimate of drug-likeness (QED) is 0.877. The molecule has 0 amide bonds. The second kappa shape index (κ2) is 5.25. The van der Waals surface area contributed by atoms with Gasteiger partial charge in [0, 0.05) is 17.3 Å².